The number of fused-ring (bicyclic) bond motifs is 3. The van der Waals surface area contributed by atoms with Crippen LogP contribution in [0.1, 0.15) is 49.1 Å². The van der Waals surface area contributed by atoms with Gasteiger partial charge in [-0.3, -0.25) is 4.79 Å². The number of benzene rings is 2. The first-order valence-electron chi connectivity index (χ1n) is 11.8. The number of carbonyl (C=O) groups is 3. The number of nitrogens with one attached hydrogen (secondary N) is 2. The molecule has 3 aliphatic rings. The molecule has 1 saturated carbocycles. The average molecular weight is 465 g/mol. The summed E-state index contributed by atoms with van der Waals surface area (Å²) in [5.74, 6) is -1.60. The summed E-state index contributed by atoms with van der Waals surface area (Å²) in [6.45, 7) is 0.471. The lowest BCUT2D eigenvalue weighted by molar-refractivity contribution is -0.149. The maximum atomic E-state index is 12.9. The maximum absolute atomic E-state index is 12.9. The van der Waals surface area contributed by atoms with E-state index in [4.69, 9.17) is 9.47 Å². The van der Waals surface area contributed by atoms with Gasteiger partial charge in [-0.25, -0.2) is 9.59 Å². The number of alkyl carbamates (subject to hydrolysis) is 1. The summed E-state index contributed by atoms with van der Waals surface area (Å²) in [6.07, 6.45) is 1.17. The average Bonchev–Trinajstić information content (AvgIpc) is 3.56. The standard InChI is InChI=1S/C26H28N2O6/c29-23(28-26(24(30)31)12-5-6-13-26)22-21(11-14-33-22)27-25(32)34-15-20-18-9-3-1-7-16(18)17-8-2-4-10-19(17)20/h1-4,7-10,20-22H,5-6,11-15H2,(H,27,32)(H,28,29)(H,30,31). The van der Waals surface area contributed by atoms with E-state index in [2.05, 4.69) is 22.8 Å². The van der Waals surface area contributed by atoms with Gasteiger partial charge in [0.15, 0.2) is 6.10 Å². The number of ether oxygens (including phenoxy) is 2. The molecule has 5 rings (SSSR count). The number of carboxylic acid groups (broad SMARTS) is 1. The molecule has 2 amide bonds. The molecular formula is C26H28N2O6. The van der Waals surface area contributed by atoms with Crippen molar-refractivity contribution in [1.82, 2.24) is 10.6 Å². The second-order valence-corrected chi connectivity index (χ2v) is 9.24. The Bertz CT molecular complexity index is 1060. The first kappa shape index (κ1) is 22.4. The summed E-state index contributed by atoms with van der Waals surface area (Å²) in [5, 5.41) is 15.1. The van der Waals surface area contributed by atoms with Gasteiger partial charge in [-0.15, -0.1) is 0 Å². The van der Waals surface area contributed by atoms with Gasteiger partial charge in [-0.05, 0) is 41.5 Å². The molecule has 2 aromatic rings. The molecule has 8 heteroatoms. The van der Waals surface area contributed by atoms with Crippen LogP contribution in [0.4, 0.5) is 4.79 Å². The first-order chi connectivity index (χ1) is 16.5. The maximum Gasteiger partial charge on any atom is 0.407 e. The molecule has 2 aromatic carbocycles. The molecule has 178 valence electrons. The molecule has 0 aromatic heterocycles. The second-order valence-electron chi connectivity index (χ2n) is 9.24. The molecule has 3 N–H and O–H groups in total. The number of hydrogen-bond donors (Lipinski definition) is 3. The second kappa shape index (κ2) is 9.10. The van der Waals surface area contributed by atoms with Gasteiger partial charge in [-0.2, -0.15) is 0 Å². The van der Waals surface area contributed by atoms with Crippen molar-refractivity contribution >= 4 is 18.0 Å². The van der Waals surface area contributed by atoms with Crippen molar-refractivity contribution in [2.24, 2.45) is 0 Å². The van der Waals surface area contributed by atoms with Crippen LogP contribution in [0.15, 0.2) is 48.5 Å². The smallest absolute Gasteiger partial charge is 0.407 e. The van der Waals surface area contributed by atoms with Crippen molar-refractivity contribution in [2.45, 2.75) is 55.7 Å². The molecular weight excluding hydrogens is 436 g/mol. The molecule has 0 radical (unpaired) electrons. The predicted octanol–water partition coefficient (Wildman–Crippen LogP) is 3.20. The lowest BCUT2D eigenvalue weighted by atomic mass is 9.97. The van der Waals surface area contributed by atoms with Crippen molar-refractivity contribution < 1.29 is 29.0 Å². The Balaban J connectivity index is 1.21. The van der Waals surface area contributed by atoms with Gasteiger partial charge in [0.2, 0.25) is 0 Å². The third kappa shape index (κ3) is 4.03. The fraction of sp³-hybridized carbons (Fsp3) is 0.423. The zero-order valence-corrected chi connectivity index (χ0v) is 18.8. The highest BCUT2D eigenvalue weighted by atomic mass is 16.6. The fourth-order valence-electron chi connectivity index (χ4n) is 5.47. The van der Waals surface area contributed by atoms with Crippen molar-refractivity contribution in [3.05, 3.63) is 59.7 Å². The molecule has 1 aliphatic heterocycles. The fourth-order valence-corrected chi connectivity index (χ4v) is 5.47. The molecule has 34 heavy (non-hydrogen) atoms. The van der Waals surface area contributed by atoms with E-state index in [1.54, 1.807) is 0 Å². The van der Waals surface area contributed by atoms with E-state index in [0.29, 0.717) is 25.9 Å². The van der Waals surface area contributed by atoms with Crippen molar-refractivity contribution in [3.8, 4) is 11.1 Å². The van der Waals surface area contributed by atoms with E-state index in [0.717, 1.165) is 35.1 Å². The van der Waals surface area contributed by atoms with Gasteiger partial charge in [0, 0.05) is 12.5 Å². The van der Waals surface area contributed by atoms with Gasteiger partial charge < -0.3 is 25.2 Å². The van der Waals surface area contributed by atoms with Crippen molar-refractivity contribution in [2.75, 3.05) is 13.2 Å². The van der Waals surface area contributed by atoms with E-state index in [-0.39, 0.29) is 12.5 Å². The Morgan fingerprint density at radius 1 is 1.00 bits per heavy atom. The van der Waals surface area contributed by atoms with E-state index >= 15 is 0 Å². The zero-order chi connectivity index (χ0) is 23.7. The first-order valence-corrected chi connectivity index (χ1v) is 11.8. The molecule has 8 nitrogen and oxygen atoms in total. The lowest BCUT2D eigenvalue weighted by Gasteiger charge is -2.28. The highest BCUT2D eigenvalue weighted by Gasteiger charge is 2.46. The number of carboxylic acids is 1. The number of hydrogen-bond acceptors (Lipinski definition) is 5. The molecule has 2 fully saturated rings. The number of rotatable bonds is 6. The molecule has 2 unspecified atom stereocenters. The minimum Gasteiger partial charge on any atom is -0.480 e. The normalized spacial score (nSPS) is 22.6. The summed E-state index contributed by atoms with van der Waals surface area (Å²) in [5.41, 5.74) is 3.28. The summed E-state index contributed by atoms with van der Waals surface area (Å²) in [7, 11) is 0. The third-order valence-corrected chi connectivity index (χ3v) is 7.23. The van der Waals surface area contributed by atoms with Gasteiger partial charge >= 0.3 is 12.1 Å². The summed E-state index contributed by atoms with van der Waals surface area (Å²) in [6, 6.07) is 15.6. The van der Waals surface area contributed by atoms with Gasteiger partial charge in [0.25, 0.3) is 5.91 Å². The highest BCUT2D eigenvalue weighted by molar-refractivity contribution is 5.90. The lowest BCUT2D eigenvalue weighted by Crippen LogP contribution is -2.58. The predicted molar refractivity (Wildman–Crippen MR) is 123 cm³/mol. The van der Waals surface area contributed by atoms with Gasteiger partial charge in [0.1, 0.15) is 12.1 Å². The monoisotopic (exact) mass is 464 g/mol. The van der Waals surface area contributed by atoms with Crippen LogP contribution in [0.2, 0.25) is 0 Å². The summed E-state index contributed by atoms with van der Waals surface area (Å²) < 4.78 is 11.1. The Morgan fingerprint density at radius 2 is 1.62 bits per heavy atom. The van der Waals surface area contributed by atoms with Crippen LogP contribution in [-0.4, -0.2) is 54.0 Å². The van der Waals surface area contributed by atoms with Crippen molar-refractivity contribution in [3.63, 3.8) is 0 Å². The molecule has 2 atom stereocenters. The third-order valence-electron chi connectivity index (χ3n) is 7.23. The van der Waals surface area contributed by atoms with Crippen LogP contribution in [0.3, 0.4) is 0 Å². The Labute approximate surface area is 197 Å². The number of amides is 2. The topological polar surface area (TPSA) is 114 Å². The summed E-state index contributed by atoms with van der Waals surface area (Å²) >= 11 is 0. The summed E-state index contributed by atoms with van der Waals surface area (Å²) in [4.78, 5) is 37.3. The van der Waals surface area contributed by atoms with Gasteiger partial charge in [-0.1, -0.05) is 61.4 Å². The van der Waals surface area contributed by atoms with E-state index in [9.17, 15) is 19.5 Å². The van der Waals surface area contributed by atoms with Crippen LogP contribution < -0.4 is 10.6 Å². The SMILES string of the molecule is O=C(NC1CCOC1C(=O)NC1(C(=O)O)CCCC1)OCC1c2ccccc2-c2ccccc21. The van der Waals surface area contributed by atoms with Crippen LogP contribution in [-0.2, 0) is 19.1 Å². The van der Waals surface area contributed by atoms with E-state index < -0.39 is 35.7 Å². The largest absolute Gasteiger partial charge is 0.480 e. The Kier molecular flexibility index (Phi) is 6.00. The van der Waals surface area contributed by atoms with Crippen LogP contribution >= 0.6 is 0 Å². The number of carbonyl (C=O) groups excluding carboxylic acids is 2. The van der Waals surface area contributed by atoms with Crippen LogP contribution in [0.25, 0.3) is 11.1 Å². The van der Waals surface area contributed by atoms with E-state index in [1.807, 2.05) is 36.4 Å². The molecule has 2 aliphatic carbocycles. The molecule has 0 bridgehead atoms. The van der Waals surface area contributed by atoms with Gasteiger partial charge in [0.05, 0.1) is 6.04 Å². The minimum atomic E-state index is -1.25. The Hall–Kier alpha value is -3.39. The molecule has 0 spiro atoms. The Morgan fingerprint density at radius 3 is 2.24 bits per heavy atom. The quantitative estimate of drug-likeness (QED) is 0.605. The highest BCUT2D eigenvalue weighted by Crippen LogP contribution is 2.44. The van der Waals surface area contributed by atoms with Crippen LogP contribution in [0.5, 0.6) is 0 Å². The molecule has 1 saturated heterocycles. The van der Waals surface area contributed by atoms with Crippen LogP contribution in [0, 0.1) is 0 Å². The number of aliphatic carboxylic acids is 1. The minimum absolute atomic E-state index is 0.0603. The van der Waals surface area contributed by atoms with Crippen molar-refractivity contribution in [1.29, 1.82) is 0 Å². The zero-order valence-electron chi connectivity index (χ0n) is 18.8. The molecule has 1 heterocycles. The van der Waals surface area contributed by atoms with E-state index in [1.165, 1.54) is 0 Å².